The Hall–Kier alpha value is -1.68. The molecule has 0 aromatic rings. The van der Waals surface area contributed by atoms with Gasteiger partial charge in [0.2, 0.25) is 5.78 Å². The number of likely N-dealkylation sites (tertiary alicyclic amines) is 1. The first kappa shape index (κ1) is 14.4. The molecule has 0 saturated carbocycles. The Morgan fingerprint density at radius 1 is 1.44 bits per heavy atom. The van der Waals surface area contributed by atoms with Crippen molar-refractivity contribution in [2.24, 2.45) is 5.92 Å². The van der Waals surface area contributed by atoms with E-state index >= 15 is 0 Å². The number of hydrogen-bond donors (Lipinski definition) is 0. The third kappa shape index (κ3) is 4.30. The van der Waals surface area contributed by atoms with E-state index in [1.807, 2.05) is 0 Å². The van der Waals surface area contributed by atoms with Crippen molar-refractivity contribution in [3.05, 3.63) is 5.53 Å². The highest BCUT2D eigenvalue weighted by atomic mass is 16.6. The number of ketones is 1. The molecule has 6 nitrogen and oxygen atoms in total. The SMILES string of the molecule is CC(C)(C)OC(=O)N1CCC[C@@H](C(=O)C=[N+]=[N-])C1. The third-order valence-electron chi connectivity index (χ3n) is 2.66. The number of rotatable bonds is 2. The second-order valence-electron chi connectivity index (χ2n) is 5.41. The van der Waals surface area contributed by atoms with E-state index < -0.39 is 11.7 Å². The molecule has 0 radical (unpaired) electrons. The van der Waals surface area contributed by atoms with Crippen LogP contribution >= 0.6 is 0 Å². The molecular formula is C12H19N3O3. The minimum Gasteiger partial charge on any atom is -0.444 e. The second-order valence-corrected chi connectivity index (χ2v) is 5.41. The van der Waals surface area contributed by atoms with Crippen LogP contribution in [0.5, 0.6) is 0 Å². The van der Waals surface area contributed by atoms with E-state index in [1.165, 1.54) is 4.90 Å². The molecular weight excluding hydrogens is 234 g/mol. The summed E-state index contributed by atoms with van der Waals surface area (Å²) in [5.74, 6) is -0.562. The molecule has 6 heteroatoms. The van der Waals surface area contributed by atoms with E-state index in [4.69, 9.17) is 10.3 Å². The van der Waals surface area contributed by atoms with E-state index in [9.17, 15) is 9.59 Å². The summed E-state index contributed by atoms with van der Waals surface area (Å²) in [4.78, 5) is 27.7. The van der Waals surface area contributed by atoms with Crippen LogP contribution in [0, 0.1) is 5.92 Å². The second kappa shape index (κ2) is 5.78. The molecule has 1 fully saturated rings. The van der Waals surface area contributed by atoms with Gasteiger partial charge in [0.15, 0.2) is 0 Å². The molecule has 1 heterocycles. The lowest BCUT2D eigenvalue weighted by atomic mass is 9.94. The lowest BCUT2D eigenvalue weighted by Gasteiger charge is -2.32. The number of Topliss-reactive ketones (excluding diaryl/α,β-unsaturated/α-hetero) is 1. The Labute approximate surface area is 107 Å². The monoisotopic (exact) mass is 253 g/mol. The molecule has 1 aliphatic heterocycles. The lowest BCUT2D eigenvalue weighted by molar-refractivity contribution is -0.121. The van der Waals surface area contributed by atoms with Crippen LogP contribution in [0.2, 0.25) is 0 Å². The highest BCUT2D eigenvalue weighted by Gasteiger charge is 2.31. The van der Waals surface area contributed by atoms with Gasteiger partial charge >= 0.3 is 12.3 Å². The maximum absolute atomic E-state index is 11.8. The maximum Gasteiger partial charge on any atom is 0.410 e. The van der Waals surface area contributed by atoms with Gasteiger partial charge < -0.3 is 15.2 Å². The Morgan fingerprint density at radius 3 is 2.67 bits per heavy atom. The van der Waals surface area contributed by atoms with E-state index in [1.54, 1.807) is 20.8 Å². The average molecular weight is 253 g/mol. The van der Waals surface area contributed by atoms with Crippen LogP contribution in [0.1, 0.15) is 33.6 Å². The first-order valence-corrected chi connectivity index (χ1v) is 6.02. The fourth-order valence-electron chi connectivity index (χ4n) is 1.86. The van der Waals surface area contributed by atoms with Gasteiger partial charge in [-0.15, -0.1) is 0 Å². The molecule has 18 heavy (non-hydrogen) atoms. The first-order valence-electron chi connectivity index (χ1n) is 6.02. The molecule has 0 aliphatic carbocycles. The summed E-state index contributed by atoms with van der Waals surface area (Å²) in [5, 5.41) is 0. The molecule has 100 valence electrons. The zero-order valence-corrected chi connectivity index (χ0v) is 11.0. The molecule has 0 spiro atoms. The largest absolute Gasteiger partial charge is 0.444 e. The summed E-state index contributed by atoms with van der Waals surface area (Å²) in [6.45, 7) is 6.32. The number of carbonyl (C=O) groups is 2. The number of amides is 1. The van der Waals surface area contributed by atoms with Gasteiger partial charge in [0.1, 0.15) is 5.60 Å². The average Bonchev–Trinajstić information content (AvgIpc) is 2.27. The van der Waals surface area contributed by atoms with Crippen molar-refractivity contribution in [2.75, 3.05) is 13.1 Å². The number of piperidine rings is 1. The van der Waals surface area contributed by atoms with Gasteiger partial charge in [-0.05, 0) is 33.6 Å². The number of hydrogen-bond acceptors (Lipinski definition) is 3. The fourth-order valence-corrected chi connectivity index (χ4v) is 1.86. The van der Waals surface area contributed by atoms with E-state index in [0.29, 0.717) is 19.5 Å². The predicted octanol–water partition coefficient (Wildman–Crippen LogP) is 1.50. The Kier molecular flexibility index (Phi) is 4.62. The summed E-state index contributed by atoms with van der Waals surface area (Å²) in [5.41, 5.74) is 7.80. The Balaban J connectivity index is 2.61. The fraction of sp³-hybridized carbons (Fsp3) is 0.750. The molecule has 1 amide bonds. The van der Waals surface area contributed by atoms with Crippen molar-refractivity contribution in [3.8, 4) is 0 Å². The molecule has 1 aliphatic rings. The van der Waals surface area contributed by atoms with E-state index in [2.05, 4.69) is 4.79 Å². The first-order chi connectivity index (χ1) is 8.33. The van der Waals surface area contributed by atoms with E-state index in [0.717, 1.165) is 12.6 Å². The molecule has 0 unspecified atom stereocenters. The highest BCUT2D eigenvalue weighted by Crippen LogP contribution is 2.19. The molecule has 1 atom stereocenters. The molecule has 1 saturated heterocycles. The molecule has 0 aromatic heterocycles. The zero-order valence-electron chi connectivity index (χ0n) is 11.0. The van der Waals surface area contributed by atoms with Gasteiger partial charge in [0, 0.05) is 19.0 Å². The summed E-state index contributed by atoms with van der Waals surface area (Å²) in [6, 6.07) is 0. The predicted molar refractivity (Wildman–Crippen MR) is 65.2 cm³/mol. The Bertz CT molecular complexity index is 381. The van der Waals surface area contributed by atoms with Crippen molar-refractivity contribution in [3.63, 3.8) is 0 Å². The van der Waals surface area contributed by atoms with Crippen LogP contribution in [0.25, 0.3) is 5.53 Å². The zero-order chi connectivity index (χ0) is 13.8. The molecule has 0 aromatic carbocycles. The maximum atomic E-state index is 11.8. The van der Waals surface area contributed by atoms with Crippen molar-refractivity contribution in [1.29, 1.82) is 0 Å². The van der Waals surface area contributed by atoms with E-state index in [-0.39, 0.29) is 11.7 Å². The van der Waals surface area contributed by atoms with Gasteiger partial charge in [-0.3, -0.25) is 4.79 Å². The number of ether oxygens (including phenoxy) is 1. The molecule has 1 rings (SSSR count). The summed E-state index contributed by atoms with van der Waals surface area (Å²) in [7, 11) is 0. The summed E-state index contributed by atoms with van der Waals surface area (Å²) >= 11 is 0. The van der Waals surface area contributed by atoms with Gasteiger partial charge in [-0.25, -0.2) is 4.79 Å². The van der Waals surface area contributed by atoms with Crippen molar-refractivity contribution >= 4 is 18.1 Å². The van der Waals surface area contributed by atoms with Gasteiger partial charge in [0.25, 0.3) is 0 Å². The van der Waals surface area contributed by atoms with Crippen molar-refractivity contribution < 1.29 is 19.1 Å². The standard InChI is InChI=1S/C12H19N3O3/c1-12(2,3)18-11(17)15-6-4-5-9(8-15)10(16)7-14-13/h7,9H,4-6,8H2,1-3H3/t9-/m1/s1. The molecule has 0 N–H and O–H groups in total. The third-order valence-corrected chi connectivity index (χ3v) is 2.66. The van der Waals surface area contributed by atoms with Crippen LogP contribution in [0.15, 0.2) is 0 Å². The van der Waals surface area contributed by atoms with Crippen molar-refractivity contribution in [1.82, 2.24) is 4.90 Å². The number of carbonyl (C=O) groups excluding carboxylic acids is 2. The summed E-state index contributed by atoms with van der Waals surface area (Å²) < 4.78 is 5.26. The lowest BCUT2D eigenvalue weighted by Crippen LogP contribution is -2.44. The minimum atomic E-state index is -0.541. The highest BCUT2D eigenvalue weighted by molar-refractivity contribution is 6.26. The quantitative estimate of drug-likeness (QED) is 0.425. The van der Waals surface area contributed by atoms with Crippen LogP contribution in [0.3, 0.4) is 0 Å². The van der Waals surface area contributed by atoms with Crippen LogP contribution < -0.4 is 0 Å². The summed E-state index contributed by atoms with van der Waals surface area (Å²) in [6.07, 6.45) is 1.93. The normalized spacial score (nSPS) is 19.9. The Morgan fingerprint density at radius 2 is 2.11 bits per heavy atom. The van der Waals surface area contributed by atoms with Gasteiger partial charge in [0.05, 0.1) is 0 Å². The molecule has 0 bridgehead atoms. The van der Waals surface area contributed by atoms with Gasteiger partial charge in [-0.2, -0.15) is 4.79 Å². The van der Waals surface area contributed by atoms with Crippen molar-refractivity contribution in [2.45, 2.75) is 39.2 Å². The number of nitrogens with zero attached hydrogens (tertiary/aromatic N) is 3. The van der Waals surface area contributed by atoms with Crippen LogP contribution in [0.4, 0.5) is 4.79 Å². The van der Waals surface area contributed by atoms with Crippen LogP contribution in [-0.4, -0.2) is 46.5 Å². The smallest absolute Gasteiger partial charge is 0.410 e. The van der Waals surface area contributed by atoms with Crippen LogP contribution in [-0.2, 0) is 9.53 Å². The van der Waals surface area contributed by atoms with Gasteiger partial charge in [-0.1, -0.05) is 0 Å². The topological polar surface area (TPSA) is 83.0 Å². The minimum absolute atomic E-state index is 0.259.